The number of hydrogen-bond donors (Lipinski definition) is 0. The smallest absolute Gasteiger partial charge is 0.360 e. The van der Waals surface area contributed by atoms with Crippen molar-refractivity contribution >= 4 is 17.6 Å². The third kappa shape index (κ3) is 1.88. The average molecular weight is 188 g/mol. The molecule has 1 heterocycles. The first-order chi connectivity index (χ1) is 5.75. The lowest BCUT2D eigenvalue weighted by Crippen LogP contribution is -2.09. The molecule has 64 valence electrons. The van der Waals surface area contributed by atoms with Crippen LogP contribution in [0.2, 0.25) is 5.15 Å². The summed E-state index contributed by atoms with van der Waals surface area (Å²) in [7, 11) is 0. The highest BCUT2D eigenvalue weighted by molar-refractivity contribution is 6.31. The van der Waals surface area contributed by atoms with Gasteiger partial charge in [-0.1, -0.05) is 11.6 Å². The fourth-order valence-corrected chi connectivity index (χ4v) is 0.767. The molecule has 0 radical (unpaired) electrons. The minimum atomic E-state index is -0.586. The molecule has 0 amide bonds. The Morgan fingerprint density at radius 3 is 3.08 bits per heavy atom. The van der Waals surface area contributed by atoms with Crippen molar-refractivity contribution in [2.45, 2.75) is 6.92 Å². The summed E-state index contributed by atoms with van der Waals surface area (Å²) in [6.45, 7) is 1.97. The maximum absolute atomic E-state index is 11.0. The van der Waals surface area contributed by atoms with Gasteiger partial charge < -0.3 is 4.74 Å². The van der Waals surface area contributed by atoms with Crippen LogP contribution in [0.25, 0.3) is 0 Å². The second-order valence-electron chi connectivity index (χ2n) is 1.82. The van der Waals surface area contributed by atoms with E-state index < -0.39 is 5.97 Å². The van der Waals surface area contributed by atoms with E-state index >= 15 is 0 Å². The first kappa shape index (κ1) is 8.86. The molecule has 0 fully saturated rings. The first-order valence-electron chi connectivity index (χ1n) is 3.26. The molecule has 0 spiro atoms. The molecule has 1 aromatic heterocycles. The fourth-order valence-electron chi connectivity index (χ4n) is 0.597. The highest BCUT2D eigenvalue weighted by Gasteiger charge is 2.13. The predicted molar refractivity (Wildman–Crippen MR) is 40.8 cm³/mol. The van der Waals surface area contributed by atoms with Crippen LogP contribution in [0.4, 0.5) is 0 Å². The lowest BCUT2D eigenvalue weighted by molar-refractivity contribution is 0.0518. The molecule has 0 bridgehead atoms. The van der Waals surface area contributed by atoms with E-state index in [0.29, 0.717) is 0 Å². The zero-order valence-electron chi connectivity index (χ0n) is 6.32. The quantitative estimate of drug-likeness (QED) is 0.638. The molecule has 0 saturated carbocycles. The number of nitrogens with zero attached hydrogens (tertiary/aromatic N) is 3. The van der Waals surface area contributed by atoms with E-state index in [1.54, 1.807) is 6.92 Å². The summed E-state index contributed by atoms with van der Waals surface area (Å²) in [5, 5.41) is 6.78. The lowest BCUT2D eigenvalue weighted by Gasteiger charge is -1.99. The third-order valence-corrected chi connectivity index (χ3v) is 1.30. The molecule has 0 aliphatic carbocycles. The third-order valence-electron chi connectivity index (χ3n) is 1.05. The fraction of sp³-hybridized carbons (Fsp3) is 0.333. The molecule has 0 saturated heterocycles. The van der Waals surface area contributed by atoms with E-state index in [2.05, 4.69) is 19.9 Å². The van der Waals surface area contributed by atoms with Crippen molar-refractivity contribution in [1.82, 2.24) is 15.2 Å². The van der Waals surface area contributed by atoms with Crippen LogP contribution >= 0.6 is 11.6 Å². The van der Waals surface area contributed by atoms with Gasteiger partial charge in [0, 0.05) is 0 Å². The van der Waals surface area contributed by atoms with Crippen molar-refractivity contribution in [3.63, 3.8) is 0 Å². The molecule has 0 N–H and O–H groups in total. The number of aromatic nitrogens is 3. The average Bonchev–Trinajstić information content (AvgIpc) is 2.05. The normalized spacial score (nSPS) is 9.50. The highest BCUT2D eigenvalue weighted by atomic mass is 35.5. The Morgan fingerprint density at radius 2 is 2.50 bits per heavy atom. The molecule has 0 aliphatic rings. The predicted octanol–water partition coefficient (Wildman–Crippen LogP) is 0.702. The van der Waals surface area contributed by atoms with Gasteiger partial charge in [-0.05, 0) is 6.92 Å². The number of rotatable bonds is 2. The number of carbonyl (C=O) groups excluding carboxylic acids is 1. The summed E-state index contributed by atoms with van der Waals surface area (Å²) in [5.41, 5.74) is -0.00600. The standard InChI is InChI=1S/C6H6ClN3O2/c1-2-12-6(11)4-5(7)10-9-3-8-4/h3H,2H2,1H3. The van der Waals surface area contributed by atoms with E-state index in [-0.39, 0.29) is 17.5 Å². The van der Waals surface area contributed by atoms with Crippen molar-refractivity contribution < 1.29 is 9.53 Å². The lowest BCUT2D eigenvalue weighted by atomic mass is 10.5. The molecule has 5 nitrogen and oxygen atoms in total. The summed E-state index contributed by atoms with van der Waals surface area (Å²) in [6.07, 6.45) is 1.14. The molecule has 1 aromatic rings. The largest absolute Gasteiger partial charge is 0.461 e. The van der Waals surface area contributed by atoms with E-state index in [1.807, 2.05) is 0 Å². The van der Waals surface area contributed by atoms with Gasteiger partial charge in [-0.25, -0.2) is 9.78 Å². The number of halogens is 1. The zero-order chi connectivity index (χ0) is 8.97. The first-order valence-corrected chi connectivity index (χ1v) is 3.63. The van der Waals surface area contributed by atoms with Crippen molar-refractivity contribution in [2.75, 3.05) is 6.61 Å². The summed E-state index contributed by atoms with van der Waals surface area (Å²) in [5.74, 6) is -0.586. The molecular formula is C6H6ClN3O2. The maximum Gasteiger partial charge on any atom is 0.360 e. The second kappa shape index (κ2) is 3.96. The van der Waals surface area contributed by atoms with E-state index in [9.17, 15) is 4.79 Å². The Hall–Kier alpha value is -1.23. The van der Waals surface area contributed by atoms with Gasteiger partial charge in [-0.3, -0.25) is 0 Å². The van der Waals surface area contributed by atoms with Crippen LogP contribution in [-0.2, 0) is 4.74 Å². The van der Waals surface area contributed by atoms with Crippen LogP contribution in [0.5, 0.6) is 0 Å². The Labute approximate surface area is 73.7 Å². The van der Waals surface area contributed by atoms with Crippen molar-refractivity contribution in [3.05, 3.63) is 17.2 Å². The van der Waals surface area contributed by atoms with Gasteiger partial charge in [-0.15, -0.1) is 10.2 Å². The summed E-state index contributed by atoms with van der Waals surface area (Å²) < 4.78 is 4.66. The van der Waals surface area contributed by atoms with Gasteiger partial charge in [0.05, 0.1) is 6.61 Å². The monoisotopic (exact) mass is 187 g/mol. The zero-order valence-corrected chi connectivity index (χ0v) is 7.08. The van der Waals surface area contributed by atoms with Crippen LogP contribution in [0, 0.1) is 0 Å². The van der Waals surface area contributed by atoms with E-state index in [1.165, 1.54) is 0 Å². The van der Waals surface area contributed by atoms with Crippen molar-refractivity contribution in [1.29, 1.82) is 0 Å². The SMILES string of the molecule is CCOC(=O)c1ncnnc1Cl. The van der Waals surface area contributed by atoms with Gasteiger partial charge >= 0.3 is 5.97 Å². The Morgan fingerprint density at radius 1 is 1.75 bits per heavy atom. The van der Waals surface area contributed by atoms with Crippen molar-refractivity contribution in [3.8, 4) is 0 Å². The number of carbonyl (C=O) groups is 1. The van der Waals surface area contributed by atoms with Gasteiger partial charge in [0.1, 0.15) is 6.33 Å². The van der Waals surface area contributed by atoms with Crippen molar-refractivity contribution in [2.24, 2.45) is 0 Å². The van der Waals surface area contributed by atoms with Crippen LogP contribution in [-0.4, -0.2) is 27.8 Å². The Kier molecular flexibility index (Phi) is 2.93. The summed E-state index contributed by atoms with van der Waals surface area (Å²) in [6, 6.07) is 0. The summed E-state index contributed by atoms with van der Waals surface area (Å²) in [4.78, 5) is 14.6. The molecule has 0 aromatic carbocycles. The second-order valence-corrected chi connectivity index (χ2v) is 2.18. The van der Waals surface area contributed by atoms with Gasteiger partial charge in [0.2, 0.25) is 0 Å². The molecule has 1 rings (SSSR count). The molecule has 12 heavy (non-hydrogen) atoms. The highest BCUT2D eigenvalue weighted by Crippen LogP contribution is 2.08. The number of ether oxygens (including phenoxy) is 1. The van der Waals surface area contributed by atoms with Gasteiger partial charge in [-0.2, -0.15) is 0 Å². The van der Waals surface area contributed by atoms with Gasteiger partial charge in [0.15, 0.2) is 10.8 Å². The molecule has 0 atom stereocenters. The van der Waals surface area contributed by atoms with E-state index in [4.69, 9.17) is 11.6 Å². The molecule has 0 unspecified atom stereocenters. The van der Waals surface area contributed by atoms with E-state index in [0.717, 1.165) is 6.33 Å². The summed E-state index contributed by atoms with van der Waals surface area (Å²) >= 11 is 5.52. The van der Waals surface area contributed by atoms with Crippen LogP contribution in [0.1, 0.15) is 17.4 Å². The molecule has 0 aliphatic heterocycles. The van der Waals surface area contributed by atoms with Crippen LogP contribution in [0.3, 0.4) is 0 Å². The Bertz CT molecular complexity index is 292. The Balaban J connectivity index is 2.87. The molecule has 6 heteroatoms. The number of esters is 1. The molecular weight excluding hydrogens is 182 g/mol. The minimum absolute atomic E-state index is 0.00600. The maximum atomic E-state index is 11.0. The van der Waals surface area contributed by atoms with Crippen LogP contribution in [0.15, 0.2) is 6.33 Å². The van der Waals surface area contributed by atoms with Gasteiger partial charge in [0.25, 0.3) is 0 Å². The van der Waals surface area contributed by atoms with Crippen LogP contribution < -0.4 is 0 Å². The minimum Gasteiger partial charge on any atom is -0.461 e. The topological polar surface area (TPSA) is 65.0 Å². The number of hydrogen-bond acceptors (Lipinski definition) is 5.